The van der Waals surface area contributed by atoms with Gasteiger partial charge in [0.15, 0.2) is 6.10 Å². The van der Waals surface area contributed by atoms with Gasteiger partial charge in [-0.05, 0) is 12.8 Å². The van der Waals surface area contributed by atoms with E-state index in [1.807, 2.05) is 0 Å². The maximum Gasteiger partial charge on any atom is 0.303 e. The zero-order valence-corrected chi connectivity index (χ0v) is 9.40. The number of carbonyl (C=O) groups is 1. The van der Waals surface area contributed by atoms with Crippen molar-refractivity contribution in [3.63, 3.8) is 0 Å². The van der Waals surface area contributed by atoms with Gasteiger partial charge in [-0.1, -0.05) is 26.2 Å². The maximum absolute atomic E-state index is 10.7. The van der Waals surface area contributed by atoms with E-state index in [-0.39, 0.29) is 6.54 Å². The van der Waals surface area contributed by atoms with Crippen molar-refractivity contribution >= 4 is 5.97 Å². The number of unbranched alkanes of at least 4 members (excludes halogenated alkanes) is 3. The predicted molar refractivity (Wildman–Crippen MR) is 56.2 cm³/mol. The molecular formula is C10H19NO4. The van der Waals surface area contributed by atoms with E-state index in [0.29, 0.717) is 6.42 Å². The Balaban J connectivity index is 3.79. The topological polar surface area (TPSA) is 69.4 Å². The van der Waals surface area contributed by atoms with Crippen LogP contribution < -0.4 is 0 Å². The van der Waals surface area contributed by atoms with E-state index >= 15 is 0 Å². The molecule has 0 saturated heterocycles. The highest BCUT2D eigenvalue weighted by molar-refractivity contribution is 5.66. The fraction of sp³-hybridized carbons (Fsp3) is 0.900. The van der Waals surface area contributed by atoms with Crippen molar-refractivity contribution in [2.24, 2.45) is 0 Å². The zero-order chi connectivity index (χ0) is 11.7. The summed E-state index contributed by atoms with van der Waals surface area (Å²) >= 11 is 0. The smallest absolute Gasteiger partial charge is 0.303 e. The van der Waals surface area contributed by atoms with Crippen molar-refractivity contribution in [3.05, 3.63) is 10.1 Å². The van der Waals surface area contributed by atoms with Gasteiger partial charge in [0.05, 0.1) is 0 Å². The van der Waals surface area contributed by atoms with Crippen LogP contribution in [0.4, 0.5) is 0 Å². The van der Waals surface area contributed by atoms with Crippen molar-refractivity contribution in [3.8, 4) is 0 Å². The number of nitrogens with zero attached hydrogens (tertiary/aromatic N) is 1. The van der Waals surface area contributed by atoms with Crippen LogP contribution in [0.2, 0.25) is 0 Å². The highest BCUT2D eigenvalue weighted by Crippen LogP contribution is 2.08. The van der Waals surface area contributed by atoms with Gasteiger partial charge < -0.3 is 4.74 Å². The average Bonchev–Trinajstić information content (AvgIpc) is 2.10. The molecule has 0 bridgehead atoms. The van der Waals surface area contributed by atoms with E-state index in [2.05, 4.69) is 6.92 Å². The summed E-state index contributed by atoms with van der Waals surface area (Å²) in [6.45, 7) is 3.09. The second-order valence-corrected chi connectivity index (χ2v) is 3.60. The molecule has 5 nitrogen and oxygen atoms in total. The van der Waals surface area contributed by atoms with Crippen molar-refractivity contribution < 1.29 is 14.5 Å². The standard InChI is InChI=1S/C10H19NO4/c1-3-4-5-6-7-10(8-11(13)14)15-9(2)12/h10H,3-8H2,1-2H3. The van der Waals surface area contributed by atoms with Crippen LogP contribution in [0.5, 0.6) is 0 Å². The van der Waals surface area contributed by atoms with Gasteiger partial charge in [-0.15, -0.1) is 0 Å². The summed E-state index contributed by atoms with van der Waals surface area (Å²) in [6.07, 6.45) is 4.17. The Morgan fingerprint density at radius 1 is 1.40 bits per heavy atom. The SMILES string of the molecule is CCCCCCC(C[N+](=O)[O-])OC(C)=O. The van der Waals surface area contributed by atoms with Crippen LogP contribution in [0.1, 0.15) is 46.0 Å². The summed E-state index contributed by atoms with van der Waals surface area (Å²) in [5.74, 6) is -0.447. The maximum atomic E-state index is 10.7. The van der Waals surface area contributed by atoms with Gasteiger partial charge in [-0.25, -0.2) is 0 Å². The fourth-order valence-electron chi connectivity index (χ4n) is 1.39. The third-order valence-electron chi connectivity index (χ3n) is 2.06. The molecule has 0 aromatic rings. The molecule has 0 amide bonds. The summed E-state index contributed by atoms with van der Waals surface area (Å²) in [7, 11) is 0. The molecule has 1 unspecified atom stereocenters. The van der Waals surface area contributed by atoms with Crippen LogP contribution >= 0.6 is 0 Å². The van der Waals surface area contributed by atoms with Gasteiger partial charge in [0.2, 0.25) is 6.54 Å². The molecule has 0 rings (SSSR count). The molecule has 0 aliphatic carbocycles. The Morgan fingerprint density at radius 3 is 2.53 bits per heavy atom. The molecule has 1 atom stereocenters. The largest absolute Gasteiger partial charge is 0.456 e. The Labute approximate surface area is 90.0 Å². The number of carbonyl (C=O) groups excluding carboxylic acids is 1. The van der Waals surface area contributed by atoms with Gasteiger partial charge in [-0.2, -0.15) is 0 Å². The number of rotatable bonds is 8. The third-order valence-corrected chi connectivity index (χ3v) is 2.06. The molecular weight excluding hydrogens is 198 g/mol. The lowest BCUT2D eigenvalue weighted by molar-refractivity contribution is -0.490. The zero-order valence-electron chi connectivity index (χ0n) is 9.40. The van der Waals surface area contributed by atoms with Crippen LogP contribution in [0.3, 0.4) is 0 Å². The molecule has 0 heterocycles. The van der Waals surface area contributed by atoms with Crippen LogP contribution in [0.25, 0.3) is 0 Å². The lowest BCUT2D eigenvalue weighted by Crippen LogP contribution is -2.25. The van der Waals surface area contributed by atoms with Gasteiger partial charge in [0.1, 0.15) is 0 Å². The number of hydrogen-bond acceptors (Lipinski definition) is 4. The summed E-state index contributed by atoms with van der Waals surface area (Å²) < 4.78 is 4.86. The van der Waals surface area contributed by atoms with Crippen LogP contribution in [0, 0.1) is 10.1 Å². The fourth-order valence-corrected chi connectivity index (χ4v) is 1.39. The molecule has 0 radical (unpaired) electrons. The second-order valence-electron chi connectivity index (χ2n) is 3.60. The van der Waals surface area contributed by atoms with Crippen molar-refractivity contribution in [2.45, 2.75) is 52.1 Å². The van der Waals surface area contributed by atoms with Gasteiger partial charge >= 0.3 is 5.97 Å². The van der Waals surface area contributed by atoms with Gasteiger partial charge in [-0.3, -0.25) is 14.9 Å². The normalized spacial score (nSPS) is 12.1. The third kappa shape index (κ3) is 9.18. The van der Waals surface area contributed by atoms with E-state index in [9.17, 15) is 14.9 Å². The Bertz CT molecular complexity index is 190. The van der Waals surface area contributed by atoms with Gasteiger partial charge in [0.25, 0.3) is 0 Å². The second kappa shape index (κ2) is 8.20. The number of ether oxygens (including phenoxy) is 1. The van der Waals surface area contributed by atoms with E-state index in [1.54, 1.807) is 0 Å². The molecule has 0 N–H and O–H groups in total. The van der Waals surface area contributed by atoms with Crippen molar-refractivity contribution in [1.82, 2.24) is 0 Å². The first kappa shape index (κ1) is 13.9. The number of nitro groups is 1. The molecule has 0 fully saturated rings. The molecule has 0 aromatic carbocycles. The first-order valence-corrected chi connectivity index (χ1v) is 5.35. The lowest BCUT2D eigenvalue weighted by atomic mass is 10.1. The minimum absolute atomic E-state index is 0.286. The summed E-state index contributed by atoms with van der Waals surface area (Å²) in [5.41, 5.74) is 0. The quantitative estimate of drug-likeness (QED) is 0.270. The number of esters is 1. The lowest BCUT2D eigenvalue weighted by Gasteiger charge is -2.12. The molecule has 0 aliphatic heterocycles. The summed E-state index contributed by atoms with van der Waals surface area (Å²) in [5, 5.41) is 10.3. The highest BCUT2D eigenvalue weighted by Gasteiger charge is 2.17. The molecule has 15 heavy (non-hydrogen) atoms. The van der Waals surface area contributed by atoms with E-state index in [0.717, 1.165) is 25.7 Å². The minimum atomic E-state index is -0.561. The van der Waals surface area contributed by atoms with E-state index in [1.165, 1.54) is 6.92 Å². The monoisotopic (exact) mass is 217 g/mol. The van der Waals surface area contributed by atoms with Crippen LogP contribution in [-0.4, -0.2) is 23.5 Å². The minimum Gasteiger partial charge on any atom is -0.456 e. The first-order chi connectivity index (χ1) is 7.06. The van der Waals surface area contributed by atoms with Crippen LogP contribution in [0.15, 0.2) is 0 Å². The van der Waals surface area contributed by atoms with Gasteiger partial charge in [0, 0.05) is 11.8 Å². The Hall–Kier alpha value is -1.13. The molecule has 0 aromatic heterocycles. The van der Waals surface area contributed by atoms with Crippen molar-refractivity contribution in [1.29, 1.82) is 0 Å². The van der Waals surface area contributed by atoms with Crippen LogP contribution in [-0.2, 0) is 9.53 Å². The molecule has 0 spiro atoms. The molecule has 5 heteroatoms. The number of hydrogen-bond donors (Lipinski definition) is 0. The van der Waals surface area contributed by atoms with E-state index < -0.39 is 17.0 Å². The molecule has 0 aliphatic rings. The Morgan fingerprint density at radius 2 is 2.07 bits per heavy atom. The predicted octanol–water partition coefficient (Wildman–Crippen LogP) is 2.17. The van der Waals surface area contributed by atoms with Crippen molar-refractivity contribution in [2.75, 3.05) is 6.54 Å². The molecule has 0 saturated carbocycles. The summed E-state index contributed by atoms with van der Waals surface area (Å²) in [4.78, 5) is 20.5. The first-order valence-electron chi connectivity index (χ1n) is 5.35. The highest BCUT2D eigenvalue weighted by atomic mass is 16.6. The summed E-state index contributed by atoms with van der Waals surface area (Å²) in [6, 6.07) is 0. The molecule has 88 valence electrons. The van der Waals surface area contributed by atoms with E-state index in [4.69, 9.17) is 4.74 Å². The Kier molecular flexibility index (Phi) is 7.58. The average molecular weight is 217 g/mol.